The molecule has 4 nitrogen and oxygen atoms in total. The Labute approximate surface area is 109 Å². The number of anilines is 1. The maximum Gasteiger partial charge on any atom is 0.130 e. The lowest BCUT2D eigenvalue weighted by atomic mass is 9.98. The third kappa shape index (κ3) is 2.99. The van der Waals surface area contributed by atoms with Crippen molar-refractivity contribution in [2.75, 3.05) is 31.6 Å². The van der Waals surface area contributed by atoms with Crippen LogP contribution >= 0.6 is 0 Å². The Balaban J connectivity index is 2.15. The summed E-state index contributed by atoms with van der Waals surface area (Å²) in [5.41, 5.74) is 1.62. The first-order valence-corrected chi connectivity index (χ1v) is 6.51. The van der Waals surface area contributed by atoms with E-state index < -0.39 is 0 Å². The summed E-state index contributed by atoms with van der Waals surface area (Å²) in [7, 11) is 2.00. The van der Waals surface area contributed by atoms with Gasteiger partial charge in [0.05, 0.1) is 11.6 Å². The molecular weight excluding hydrogens is 224 g/mol. The van der Waals surface area contributed by atoms with Crippen molar-refractivity contribution in [1.82, 2.24) is 10.3 Å². The molecule has 0 aromatic carbocycles. The van der Waals surface area contributed by atoms with E-state index in [4.69, 9.17) is 5.26 Å². The molecule has 1 atom stereocenters. The molecule has 1 aromatic heterocycles. The normalized spacial score (nSPS) is 19.6. The van der Waals surface area contributed by atoms with Crippen LogP contribution in [0.3, 0.4) is 0 Å². The summed E-state index contributed by atoms with van der Waals surface area (Å²) in [6, 6.07) is 5.93. The van der Waals surface area contributed by atoms with Gasteiger partial charge in [0.2, 0.25) is 0 Å². The second kappa shape index (κ2) is 5.83. The molecule has 2 heterocycles. The Hall–Kier alpha value is -1.60. The molecule has 1 unspecified atom stereocenters. The number of nitrogens with zero attached hydrogens (tertiary/aromatic N) is 3. The fourth-order valence-corrected chi connectivity index (χ4v) is 2.61. The van der Waals surface area contributed by atoms with E-state index in [9.17, 15) is 0 Å². The molecule has 18 heavy (non-hydrogen) atoms. The summed E-state index contributed by atoms with van der Waals surface area (Å²) >= 11 is 0. The van der Waals surface area contributed by atoms with Gasteiger partial charge in [-0.3, -0.25) is 0 Å². The van der Waals surface area contributed by atoms with Crippen LogP contribution in [-0.2, 0) is 0 Å². The molecule has 0 bridgehead atoms. The lowest BCUT2D eigenvalue weighted by Gasteiger charge is -2.33. The zero-order valence-corrected chi connectivity index (χ0v) is 11.1. The molecule has 0 spiro atoms. The molecule has 1 aromatic rings. The molecule has 2 rings (SSSR count). The number of pyridine rings is 1. The number of aryl methyl sites for hydroxylation is 1. The van der Waals surface area contributed by atoms with Crippen LogP contribution in [-0.4, -0.2) is 31.7 Å². The number of nitrogens with one attached hydrogen (secondary N) is 1. The zero-order valence-electron chi connectivity index (χ0n) is 11.1. The minimum atomic E-state index is 0.677. The highest BCUT2D eigenvalue weighted by Gasteiger charge is 2.20. The van der Waals surface area contributed by atoms with E-state index in [1.54, 1.807) is 0 Å². The van der Waals surface area contributed by atoms with Crippen molar-refractivity contribution < 1.29 is 0 Å². The van der Waals surface area contributed by atoms with Gasteiger partial charge in [-0.15, -0.1) is 0 Å². The zero-order chi connectivity index (χ0) is 13.0. The van der Waals surface area contributed by atoms with Gasteiger partial charge in [-0.1, -0.05) is 0 Å². The van der Waals surface area contributed by atoms with Crippen LogP contribution in [0.25, 0.3) is 0 Å². The van der Waals surface area contributed by atoms with Crippen molar-refractivity contribution in [3.63, 3.8) is 0 Å². The summed E-state index contributed by atoms with van der Waals surface area (Å²) in [6.45, 7) is 5.07. The molecule has 1 fully saturated rings. The molecule has 1 aliphatic heterocycles. The Bertz CT molecular complexity index is 448. The van der Waals surface area contributed by atoms with Gasteiger partial charge in [0, 0.05) is 18.8 Å². The monoisotopic (exact) mass is 244 g/mol. The number of nitriles is 1. The SMILES string of the molecule is CNCC1CCCN(c2cc(C#N)cc(C)n2)C1. The number of rotatable bonds is 3. The van der Waals surface area contributed by atoms with Gasteiger partial charge in [0.15, 0.2) is 0 Å². The highest BCUT2D eigenvalue weighted by Crippen LogP contribution is 2.22. The minimum Gasteiger partial charge on any atom is -0.356 e. The highest BCUT2D eigenvalue weighted by molar-refractivity contribution is 5.47. The molecule has 1 aliphatic rings. The molecule has 0 saturated carbocycles. The van der Waals surface area contributed by atoms with E-state index in [1.807, 2.05) is 26.1 Å². The van der Waals surface area contributed by atoms with E-state index in [2.05, 4.69) is 21.3 Å². The van der Waals surface area contributed by atoms with Crippen LogP contribution in [0.15, 0.2) is 12.1 Å². The standard InChI is InChI=1S/C14H20N4/c1-11-6-13(8-15)7-14(17-11)18-5-3-4-12(10-18)9-16-2/h6-7,12,16H,3-5,9-10H2,1-2H3. The molecule has 0 amide bonds. The Kier molecular flexibility index (Phi) is 4.16. The van der Waals surface area contributed by atoms with Crippen LogP contribution in [0.5, 0.6) is 0 Å². The predicted octanol–water partition coefficient (Wildman–Crippen LogP) is 1.70. The van der Waals surface area contributed by atoms with Gasteiger partial charge in [0.1, 0.15) is 5.82 Å². The van der Waals surface area contributed by atoms with Crippen LogP contribution in [0.4, 0.5) is 5.82 Å². The molecule has 0 aliphatic carbocycles. The highest BCUT2D eigenvalue weighted by atomic mass is 15.2. The van der Waals surface area contributed by atoms with Gasteiger partial charge in [-0.2, -0.15) is 5.26 Å². The quantitative estimate of drug-likeness (QED) is 0.879. The third-order valence-electron chi connectivity index (χ3n) is 3.40. The smallest absolute Gasteiger partial charge is 0.130 e. The van der Waals surface area contributed by atoms with Gasteiger partial charge in [-0.25, -0.2) is 4.98 Å². The molecular formula is C14H20N4. The summed E-state index contributed by atoms with van der Waals surface area (Å²) in [5.74, 6) is 1.63. The summed E-state index contributed by atoms with van der Waals surface area (Å²) in [6.07, 6.45) is 2.47. The Morgan fingerprint density at radius 3 is 3.11 bits per heavy atom. The molecule has 1 saturated heterocycles. The van der Waals surface area contributed by atoms with E-state index in [1.165, 1.54) is 12.8 Å². The molecule has 4 heteroatoms. The Morgan fingerprint density at radius 2 is 2.39 bits per heavy atom. The van der Waals surface area contributed by atoms with Gasteiger partial charge < -0.3 is 10.2 Å². The van der Waals surface area contributed by atoms with E-state index >= 15 is 0 Å². The van der Waals surface area contributed by atoms with E-state index in [0.29, 0.717) is 11.5 Å². The fourth-order valence-electron chi connectivity index (χ4n) is 2.61. The molecule has 1 N–H and O–H groups in total. The lowest BCUT2D eigenvalue weighted by molar-refractivity contribution is 0.401. The lowest BCUT2D eigenvalue weighted by Crippen LogP contribution is -2.39. The topological polar surface area (TPSA) is 52.0 Å². The first-order valence-electron chi connectivity index (χ1n) is 6.51. The van der Waals surface area contributed by atoms with Gasteiger partial charge in [-0.05, 0) is 51.4 Å². The average molecular weight is 244 g/mol. The van der Waals surface area contributed by atoms with E-state index in [-0.39, 0.29) is 0 Å². The van der Waals surface area contributed by atoms with Crippen molar-refractivity contribution in [1.29, 1.82) is 5.26 Å². The summed E-state index contributed by atoms with van der Waals surface area (Å²) in [4.78, 5) is 6.86. The second-order valence-electron chi connectivity index (χ2n) is 4.98. The summed E-state index contributed by atoms with van der Waals surface area (Å²) < 4.78 is 0. The first kappa shape index (κ1) is 12.8. The average Bonchev–Trinajstić information content (AvgIpc) is 2.39. The number of hydrogen-bond donors (Lipinski definition) is 1. The van der Waals surface area contributed by atoms with Crippen molar-refractivity contribution in [2.24, 2.45) is 5.92 Å². The number of aromatic nitrogens is 1. The van der Waals surface area contributed by atoms with Crippen molar-refractivity contribution >= 4 is 5.82 Å². The second-order valence-corrected chi connectivity index (χ2v) is 4.98. The number of piperidine rings is 1. The summed E-state index contributed by atoms with van der Waals surface area (Å²) in [5, 5.41) is 12.3. The third-order valence-corrected chi connectivity index (χ3v) is 3.40. The first-order chi connectivity index (χ1) is 8.72. The maximum atomic E-state index is 9.01. The molecule has 96 valence electrons. The number of hydrogen-bond acceptors (Lipinski definition) is 4. The van der Waals surface area contributed by atoms with Crippen molar-refractivity contribution in [3.8, 4) is 6.07 Å². The largest absolute Gasteiger partial charge is 0.356 e. The minimum absolute atomic E-state index is 0.677. The van der Waals surface area contributed by atoms with Gasteiger partial charge in [0.25, 0.3) is 0 Å². The van der Waals surface area contributed by atoms with Crippen LogP contribution in [0.2, 0.25) is 0 Å². The maximum absolute atomic E-state index is 9.01. The van der Waals surface area contributed by atoms with Crippen molar-refractivity contribution in [2.45, 2.75) is 19.8 Å². The van der Waals surface area contributed by atoms with Crippen molar-refractivity contribution in [3.05, 3.63) is 23.4 Å². The van der Waals surface area contributed by atoms with Gasteiger partial charge >= 0.3 is 0 Å². The van der Waals surface area contributed by atoms with E-state index in [0.717, 1.165) is 31.1 Å². The fraction of sp³-hybridized carbons (Fsp3) is 0.571. The van der Waals surface area contributed by atoms with Crippen LogP contribution < -0.4 is 10.2 Å². The predicted molar refractivity (Wildman–Crippen MR) is 72.6 cm³/mol. The molecule has 0 radical (unpaired) electrons. The van der Waals surface area contributed by atoms with Crippen LogP contribution in [0, 0.1) is 24.2 Å². The van der Waals surface area contributed by atoms with Crippen LogP contribution in [0.1, 0.15) is 24.1 Å². The Morgan fingerprint density at radius 1 is 1.56 bits per heavy atom.